The summed E-state index contributed by atoms with van der Waals surface area (Å²) >= 11 is 3.43. The third-order valence-corrected chi connectivity index (χ3v) is 3.92. The molecule has 1 heterocycles. The van der Waals surface area contributed by atoms with E-state index in [-0.39, 0.29) is 11.8 Å². The molecule has 96 valence electrons. The Kier molecular flexibility index (Phi) is 3.38. The highest BCUT2D eigenvalue weighted by Gasteiger charge is 2.25. The Morgan fingerprint density at radius 2 is 2.05 bits per heavy atom. The molecule has 0 radical (unpaired) electrons. The van der Waals surface area contributed by atoms with Crippen molar-refractivity contribution in [3.8, 4) is 0 Å². The van der Waals surface area contributed by atoms with Gasteiger partial charge in [0.25, 0.3) is 0 Å². The van der Waals surface area contributed by atoms with Crippen molar-refractivity contribution in [2.75, 3.05) is 5.32 Å². The summed E-state index contributed by atoms with van der Waals surface area (Å²) in [7, 11) is 0. The number of carbonyl (C=O) groups is 1. The normalized spacial score (nSPS) is 16.8. The fourth-order valence-corrected chi connectivity index (χ4v) is 2.91. The van der Waals surface area contributed by atoms with Crippen molar-refractivity contribution in [1.29, 1.82) is 0 Å². The molecule has 0 aliphatic carbocycles. The number of carbonyl (C=O) groups excluding carboxylic acids is 1. The van der Waals surface area contributed by atoms with E-state index in [0.29, 0.717) is 6.42 Å². The van der Waals surface area contributed by atoms with Gasteiger partial charge in [0.15, 0.2) is 5.78 Å². The van der Waals surface area contributed by atoms with Crippen molar-refractivity contribution in [3.05, 3.63) is 64.1 Å². The van der Waals surface area contributed by atoms with E-state index >= 15 is 0 Å². The van der Waals surface area contributed by atoms with Crippen molar-refractivity contribution >= 4 is 27.4 Å². The van der Waals surface area contributed by atoms with E-state index in [4.69, 9.17) is 0 Å². The van der Waals surface area contributed by atoms with Crippen LogP contribution < -0.4 is 5.32 Å². The number of fused-ring (bicyclic) bond motifs is 1. The minimum atomic E-state index is -0.0867. The standard InChI is InChI=1S/C16H14BrNO/c17-13-6-3-4-11(8-13)9-16(19)15-10-12-5-1-2-7-14(12)18-15/h1-8,15,18H,9-10H2. The zero-order chi connectivity index (χ0) is 13.2. The van der Waals surface area contributed by atoms with Crippen LogP contribution in [0.25, 0.3) is 0 Å². The minimum absolute atomic E-state index is 0.0867. The Morgan fingerprint density at radius 3 is 2.84 bits per heavy atom. The van der Waals surface area contributed by atoms with Crippen LogP contribution in [0.5, 0.6) is 0 Å². The minimum Gasteiger partial charge on any atom is -0.375 e. The number of ketones is 1. The van der Waals surface area contributed by atoms with Crippen LogP contribution in [0.15, 0.2) is 53.0 Å². The highest BCUT2D eigenvalue weighted by molar-refractivity contribution is 9.10. The van der Waals surface area contributed by atoms with E-state index in [9.17, 15) is 4.79 Å². The quantitative estimate of drug-likeness (QED) is 0.937. The van der Waals surface area contributed by atoms with Gasteiger partial charge in [-0.05, 0) is 29.3 Å². The second-order valence-electron chi connectivity index (χ2n) is 4.83. The Bertz CT molecular complexity index is 599. The molecule has 0 fully saturated rings. The molecule has 19 heavy (non-hydrogen) atoms. The van der Waals surface area contributed by atoms with Crippen LogP contribution >= 0.6 is 15.9 Å². The summed E-state index contributed by atoms with van der Waals surface area (Å²) in [5, 5.41) is 3.31. The van der Waals surface area contributed by atoms with Crippen molar-refractivity contribution in [2.45, 2.75) is 18.9 Å². The zero-order valence-corrected chi connectivity index (χ0v) is 12.0. The fourth-order valence-electron chi connectivity index (χ4n) is 2.46. The highest BCUT2D eigenvalue weighted by Crippen LogP contribution is 2.26. The number of halogens is 1. The lowest BCUT2D eigenvalue weighted by Crippen LogP contribution is -2.28. The molecule has 0 saturated carbocycles. The van der Waals surface area contributed by atoms with Gasteiger partial charge in [-0.1, -0.05) is 46.3 Å². The van der Waals surface area contributed by atoms with Gasteiger partial charge in [-0.15, -0.1) is 0 Å². The molecule has 1 aliphatic heterocycles. The summed E-state index contributed by atoms with van der Waals surface area (Å²) < 4.78 is 1.01. The van der Waals surface area contributed by atoms with Gasteiger partial charge in [-0.3, -0.25) is 4.79 Å². The molecule has 0 spiro atoms. The van der Waals surface area contributed by atoms with Gasteiger partial charge >= 0.3 is 0 Å². The van der Waals surface area contributed by atoms with Crippen LogP contribution in [-0.2, 0) is 17.6 Å². The van der Waals surface area contributed by atoms with E-state index in [2.05, 4.69) is 27.3 Å². The number of Topliss-reactive ketones (excluding diaryl/α,β-unsaturated/α-hetero) is 1. The molecule has 1 aliphatic rings. The molecular weight excluding hydrogens is 302 g/mol. The van der Waals surface area contributed by atoms with Gasteiger partial charge in [0.05, 0.1) is 6.04 Å². The third kappa shape index (κ3) is 2.71. The van der Waals surface area contributed by atoms with Gasteiger partial charge in [0.2, 0.25) is 0 Å². The Labute approximate surface area is 121 Å². The monoisotopic (exact) mass is 315 g/mol. The highest BCUT2D eigenvalue weighted by atomic mass is 79.9. The molecule has 0 saturated heterocycles. The molecule has 1 atom stereocenters. The number of rotatable bonds is 3. The SMILES string of the molecule is O=C(Cc1cccc(Br)c1)C1Cc2ccccc2N1. The first-order valence-electron chi connectivity index (χ1n) is 6.34. The maximum absolute atomic E-state index is 12.3. The summed E-state index contributed by atoms with van der Waals surface area (Å²) in [5.41, 5.74) is 3.38. The van der Waals surface area contributed by atoms with E-state index in [0.717, 1.165) is 22.1 Å². The lowest BCUT2D eigenvalue weighted by Gasteiger charge is -2.10. The molecular formula is C16H14BrNO. The number of hydrogen-bond donors (Lipinski definition) is 1. The second kappa shape index (κ2) is 5.17. The molecule has 2 nitrogen and oxygen atoms in total. The number of para-hydroxylation sites is 1. The predicted molar refractivity (Wildman–Crippen MR) is 80.4 cm³/mol. The molecule has 2 aromatic rings. The Hall–Kier alpha value is -1.61. The maximum Gasteiger partial charge on any atom is 0.159 e. The van der Waals surface area contributed by atoms with E-state index < -0.39 is 0 Å². The van der Waals surface area contributed by atoms with Gasteiger partial charge in [0, 0.05) is 23.0 Å². The molecule has 0 bridgehead atoms. The lowest BCUT2D eigenvalue weighted by molar-refractivity contribution is -0.119. The topological polar surface area (TPSA) is 29.1 Å². The van der Waals surface area contributed by atoms with Crippen molar-refractivity contribution in [2.24, 2.45) is 0 Å². The molecule has 1 unspecified atom stereocenters. The maximum atomic E-state index is 12.3. The third-order valence-electron chi connectivity index (χ3n) is 3.43. The average Bonchev–Trinajstić information content (AvgIpc) is 2.82. The number of benzene rings is 2. The fraction of sp³-hybridized carbons (Fsp3) is 0.188. The van der Waals surface area contributed by atoms with Crippen LogP contribution in [0.3, 0.4) is 0 Å². The summed E-state index contributed by atoms with van der Waals surface area (Å²) in [6, 6.07) is 16.0. The predicted octanol–water partition coefficient (Wildman–Crippen LogP) is 3.60. The molecule has 2 aromatic carbocycles. The molecule has 0 aromatic heterocycles. The zero-order valence-electron chi connectivity index (χ0n) is 10.4. The number of hydrogen-bond acceptors (Lipinski definition) is 2. The Morgan fingerprint density at radius 1 is 1.21 bits per heavy atom. The van der Waals surface area contributed by atoms with Crippen molar-refractivity contribution in [3.63, 3.8) is 0 Å². The first kappa shape index (κ1) is 12.4. The summed E-state index contributed by atoms with van der Waals surface area (Å²) in [4.78, 5) is 12.3. The van der Waals surface area contributed by atoms with Crippen molar-refractivity contribution < 1.29 is 4.79 Å². The van der Waals surface area contributed by atoms with Gasteiger partial charge in [-0.2, -0.15) is 0 Å². The van der Waals surface area contributed by atoms with Crippen LogP contribution in [0.2, 0.25) is 0 Å². The van der Waals surface area contributed by atoms with E-state index in [1.165, 1.54) is 5.56 Å². The smallest absolute Gasteiger partial charge is 0.159 e. The van der Waals surface area contributed by atoms with Gasteiger partial charge < -0.3 is 5.32 Å². The lowest BCUT2D eigenvalue weighted by atomic mass is 10.0. The van der Waals surface area contributed by atoms with Crippen molar-refractivity contribution in [1.82, 2.24) is 0 Å². The summed E-state index contributed by atoms with van der Waals surface area (Å²) in [6.45, 7) is 0. The molecule has 3 heteroatoms. The molecule has 1 N–H and O–H groups in total. The molecule has 3 rings (SSSR count). The van der Waals surface area contributed by atoms with E-state index in [1.807, 2.05) is 42.5 Å². The summed E-state index contributed by atoms with van der Waals surface area (Å²) in [6.07, 6.45) is 1.27. The van der Waals surface area contributed by atoms with Gasteiger partial charge in [-0.25, -0.2) is 0 Å². The first-order valence-corrected chi connectivity index (χ1v) is 7.13. The van der Waals surface area contributed by atoms with Crippen LogP contribution in [0.4, 0.5) is 5.69 Å². The second-order valence-corrected chi connectivity index (χ2v) is 5.75. The Balaban J connectivity index is 1.70. The average molecular weight is 316 g/mol. The van der Waals surface area contributed by atoms with E-state index in [1.54, 1.807) is 0 Å². The van der Waals surface area contributed by atoms with Gasteiger partial charge in [0.1, 0.15) is 0 Å². The number of nitrogens with one attached hydrogen (secondary N) is 1. The van der Waals surface area contributed by atoms with Crippen LogP contribution in [-0.4, -0.2) is 11.8 Å². The first-order chi connectivity index (χ1) is 9.22. The van der Waals surface area contributed by atoms with Crippen LogP contribution in [0.1, 0.15) is 11.1 Å². The largest absolute Gasteiger partial charge is 0.375 e. The number of anilines is 1. The molecule has 0 amide bonds. The van der Waals surface area contributed by atoms with Crippen LogP contribution in [0, 0.1) is 0 Å². The summed E-state index contributed by atoms with van der Waals surface area (Å²) in [5.74, 6) is 0.245.